The van der Waals surface area contributed by atoms with Gasteiger partial charge < -0.3 is 4.74 Å². The first-order chi connectivity index (χ1) is 6.07. The fourth-order valence-corrected chi connectivity index (χ4v) is 1.01. The van der Waals surface area contributed by atoms with Crippen molar-refractivity contribution in [3.63, 3.8) is 0 Å². The smallest absolute Gasteiger partial charge is 0.336 e. The Hall–Kier alpha value is -1.35. The van der Waals surface area contributed by atoms with E-state index in [0.717, 1.165) is 0 Å². The first-order valence-electron chi connectivity index (χ1n) is 3.25. The molecule has 13 heavy (non-hydrogen) atoms. The molecule has 0 atom stereocenters. The summed E-state index contributed by atoms with van der Waals surface area (Å²) < 4.78 is 30.6. The lowest BCUT2D eigenvalue weighted by Gasteiger charge is -2.00. The highest BCUT2D eigenvalue weighted by atomic mass is 32.2. The lowest BCUT2D eigenvalue weighted by atomic mass is 11.1. The van der Waals surface area contributed by atoms with Gasteiger partial charge in [0.2, 0.25) is 5.95 Å². The minimum absolute atomic E-state index is 0.00815. The predicted molar refractivity (Wildman–Crippen MR) is 44.5 cm³/mol. The van der Waals surface area contributed by atoms with Crippen molar-refractivity contribution in [3.8, 4) is 6.01 Å². The van der Waals surface area contributed by atoms with Crippen molar-refractivity contribution in [2.45, 2.75) is 0 Å². The van der Waals surface area contributed by atoms with E-state index < -0.39 is 10.2 Å². The highest BCUT2D eigenvalue weighted by Gasteiger charge is 2.09. The number of anilines is 1. The van der Waals surface area contributed by atoms with E-state index in [0.29, 0.717) is 0 Å². The minimum atomic E-state index is -3.56. The maximum Gasteiger partial charge on any atom is 0.336 e. The van der Waals surface area contributed by atoms with Crippen LogP contribution in [0.4, 0.5) is 5.95 Å². The molecule has 0 saturated heterocycles. The zero-order valence-corrected chi connectivity index (χ0v) is 7.84. The van der Waals surface area contributed by atoms with Crippen LogP contribution in [-0.2, 0) is 10.2 Å². The van der Waals surface area contributed by atoms with Crippen molar-refractivity contribution in [2.75, 3.05) is 18.9 Å². The fourth-order valence-electron chi connectivity index (χ4n) is 0.562. The molecule has 0 spiro atoms. The fraction of sp³-hybridized carbons (Fsp3) is 0.500. The van der Waals surface area contributed by atoms with Gasteiger partial charge in [0.25, 0.3) is 0 Å². The minimum Gasteiger partial charge on any atom is -0.466 e. The Morgan fingerprint density at radius 2 is 2.23 bits per heavy atom. The molecule has 3 N–H and O–H groups in total. The normalized spacial score (nSPS) is 11.2. The molecule has 0 aliphatic carbocycles. The number of nitrogens with one attached hydrogen (secondary N) is 3. The molecular formula is C4H9N5O3S. The van der Waals surface area contributed by atoms with Crippen LogP contribution in [0.25, 0.3) is 0 Å². The number of ether oxygens (including phenoxy) is 1. The van der Waals surface area contributed by atoms with E-state index in [1.807, 2.05) is 4.72 Å². The number of hydrogen-bond donors (Lipinski definition) is 3. The largest absolute Gasteiger partial charge is 0.466 e. The van der Waals surface area contributed by atoms with E-state index in [1.165, 1.54) is 14.2 Å². The third kappa shape index (κ3) is 2.56. The van der Waals surface area contributed by atoms with E-state index in [4.69, 9.17) is 0 Å². The van der Waals surface area contributed by atoms with Crippen LogP contribution in [0.3, 0.4) is 0 Å². The summed E-state index contributed by atoms with van der Waals surface area (Å²) in [5.74, 6) is -0.00815. The van der Waals surface area contributed by atoms with Crippen LogP contribution < -0.4 is 14.2 Å². The standard InChI is InChI=1S/C4H9N5O3S/c1-5-13(10,11)9-3-6-4(12-2)8-7-3/h5H,1-2H3,(H2,6,7,8,9). The maximum absolute atomic E-state index is 10.9. The Kier molecular flexibility index (Phi) is 2.68. The van der Waals surface area contributed by atoms with Crippen molar-refractivity contribution in [1.82, 2.24) is 19.9 Å². The average molecular weight is 207 g/mol. The summed E-state index contributed by atoms with van der Waals surface area (Å²) in [6.45, 7) is 0. The number of rotatable bonds is 4. The van der Waals surface area contributed by atoms with E-state index in [1.54, 1.807) is 0 Å². The van der Waals surface area contributed by atoms with Crippen molar-refractivity contribution in [1.29, 1.82) is 0 Å². The summed E-state index contributed by atoms with van der Waals surface area (Å²) in [7, 11) is -0.908. The third-order valence-corrected chi connectivity index (χ3v) is 2.15. The quantitative estimate of drug-likeness (QED) is 0.568. The van der Waals surface area contributed by atoms with E-state index >= 15 is 0 Å². The SMILES string of the molecule is CNS(=O)(=O)Nc1nc(OC)n[nH]1. The lowest BCUT2D eigenvalue weighted by Crippen LogP contribution is -2.26. The van der Waals surface area contributed by atoms with E-state index in [-0.39, 0.29) is 12.0 Å². The number of H-pyrrole nitrogens is 1. The summed E-state index contributed by atoms with van der Waals surface area (Å²) in [5.41, 5.74) is 0. The van der Waals surface area contributed by atoms with Gasteiger partial charge in [-0.05, 0) is 0 Å². The third-order valence-electron chi connectivity index (χ3n) is 1.15. The van der Waals surface area contributed by atoms with Gasteiger partial charge in [-0.25, -0.2) is 14.5 Å². The molecule has 0 aromatic carbocycles. The summed E-state index contributed by atoms with van der Waals surface area (Å²) in [5, 5.41) is 5.87. The van der Waals surface area contributed by atoms with Gasteiger partial charge in [0.05, 0.1) is 7.11 Å². The van der Waals surface area contributed by atoms with Crippen molar-refractivity contribution in [2.24, 2.45) is 0 Å². The van der Waals surface area contributed by atoms with Crippen molar-refractivity contribution in [3.05, 3.63) is 0 Å². The second kappa shape index (κ2) is 3.58. The molecule has 0 aliphatic heterocycles. The van der Waals surface area contributed by atoms with Gasteiger partial charge in [-0.2, -0.15) is 13.4 Å². The number of aromatic amines is 1. The summed E-state index contributed by atoms with van der Waals surface area (Å²) in [4.78, 5) is 3.64. The molecule has 74 valence electrons. The molecule has 0 aliphatic rings. The van der Waals surface area contributed by atoms with Crippen LogP contribution in [0.1, 0.15) is 0 Å². The topological polar surface area (TPSA) is 109 Å². The van der Waals surface area contributed by atoms with E-state index in [2.05, 4.69) is 24.6 Å². The molecule has 9 heteroatoms. The Morgan fingerprint density at radius 3 is 2.69 bits per heavy atom. The average Bonchev–Trinajstić information content (AvgIpc) is 2.52. The number of aromatic nitrogens is 3. The van der Waals surface area contributed by atoms with Gasteiger partial charge in [-0.1, -0.05) is 0 Å². The van der Waals surface area contributed by atoms with Gasteiger partial charge in [0.15, 0.2) is 0 Å². The van der Waals surface area contributed by atoms with Gasteiger partial charge >= 0.3 is 16.2 Å². The second-order valence-electron chi connectivity index (χ2n) is 1.98. The van der Waals surface area contributed by atoms with Gasteiger partial charge in [-0.15, -0.1) is 5.10 Å². The van der Waals surface area contributed by atoms with E-state index in [9.17, 15) is 8.42 Å². The Balaban J connectivity index is 2.75. The zero-order valence-electron chi connectivity index (χ0n) is 7.03. The summed E-state index contributed by atoms with van der Waals surface area (Å²) in [6.07, 6.45) is 0. The Bertz CT molecular complexity index is 371. The molecule has 1 aromatic rings. The second-order valence-corrected chi connectivity index (χ2v) is 3.60. The van der Waals surface area contributed by atoms with Crippen molar-refractivity contribution < 1.29 is 13.2 Å². The molecule has 1 aromatic heterocycles. The van der Waals surface area contributed by atoms with Gasteiger partial charge in [-0.3, -0.25) is 0 Å². The zero-order chi connectivity index (χ0) is 9.90. The van der Waals surface area contributed by atoms with Crippen LogP contribution in [-0.4, -0.2) is 37.8 Å². The van der Waals surface area contributed by atoms with Crippen LogP contribution >= 0.6 is 0 Å². The molecule has 0 unspecified atom stereocenters. The highest BCUT2D eigenvalue weighted by molar-refractivity contribution is 7.90. The molecule has 0 amide bonds. The molecule has 0 saturated carbocycles. The number of nitrogens with zero attached hydrogens (tertiary/aromatic N) is 2. The molecule has 0 radical (unpaired) electrons. The highest BCUT2D eigenvalue weighted by Crippen LogP contribution is 2.04. The summed E-state index contributed by atoms with van der Waals surface area (Å²) >= 11 is 0. The molecule has 1 rings (SSSR count). The maximum atomic E-state index is 10.9. The summed E-state index contributed by atoms with van der Waals surface area (Å²) in [6, 6.07) is 0.0637. The van der Waals surface area contributed by atoms with Gasteiger partial charge in [0.1, 0.15) is 0 Å². The molecule has 8 nitrogen and oxygen atoms in total. The molecule has 0 fully saturated rings. The molecule has 0 bridgehead atoms. The predicted octanol–water partition coefficient (Wildman–Crippen LogP) is -1.31. The number of methoxy groups -OCH3 is 1. The van der Waals surface area contributed by atoms with Crippen LogP contribution in [0.5, 0.6) is 6.01 Å². The van der Waals surface area contributed by atoms with Crippen molar-refractivity contribution >= 4 is 16.2 Å². The lowest BCUT2D eigenvalue weighted by molar-refractivity contribution is 0.382. The first kappa shape index (κ1) is 9.74. The molecule has 1 heterocycles. The first-order valence-corrected chi connectivity index (χ1v) is 4.73. The van der Waals surface area contributed by atoms with Crippen LogP contribution in [0.15, 0.2) is 0 Å². The van der Waals surface area contributed by atoms with Gasteiger partial charge in [0, 0.05) is 7.05 Å². The Morgan fingerprint density at radius 1 is 1.54 bits per heavy atom. The van der Waals surface area contributed by atoms with Crippen LogP contribution in [0, 0.1) is 0 Å². The monoisotopic (exact) mass is 207 g/mol. The molecular weight excluding hydrogens is 198 g/mol. The number of hydrogen-bond acceptors (Lipinski definition) is 5. The Labute approximate surface area is 74.9 Å². The van der Waals surface area contributed by atoms with Crippen LogP contribution in [0.2, 0.25) is 0 Å².